The molecular formula is C8H7BrN4. The van der Waals surface area contributed by atoms with E-state index in [9.17, 15) is 0 Å². The van der Waals surface area contributed by atoms with Crippen LogP contribution in [0.15, 0.2) is 35.2 Å². The summed E-state index contributed by atoms with van der Waals surface area (Å²) in [7, 11) is 0. The fraction of sp³-hybridized carbons (Fsp3) is 0. The van der Waals surface area contributed by atoms with Crippen LogP contribution < -0.4 is 5.73 Å². The van der Waals surface area contributed by atoms with Gasteiger partial charge in [0.15, 0.2) is 5.82 Å². The van der Waals surface area contributed by atoms with Gasteiger partial charge in [0.25, 0.3) is 0 Å². The van der Waals surface area contributed by atoms with Crippen LogP contribution in [0, 0.1) is 0 Å². The van der Waals surface area contributed by atoms with Crippen LogP contribution in [0.5, 0.6) is 0 Å². The first-order valence-electron chi connectivity index (χ1n) is 3.68. The zero-order chi connectivity index (χ0) is 9.26. The first-order valence-corrected chi connectivity index (χ1v) is 4.48. The lowest BCUT2D eigenvalue weighted by molar-refractivity contribution is 0.846. The molecule has 0 atom stereocenters. The first kappa shape index (κ1) is 8.25. The van der Waals surface area contributed by atoms with Gasteiger partial charge in [0.1, 0.15) is 0 Å². The second-order valence-electron chi connectivity index (χ2n) is 2.51. The van der Waals surface area contributed by atoms with Gasteiger partial charge in [-0.1, -0.05) is 0 Å². The molecule has 0 saturated heterocycles. The number of pyridine rings is 1. The second-order valence-corrected chi connectivity index (χ2v) is 3.37. The molecule has 0 fully saturated rings. The van der Waals surface area contributed by atoms with Gasteiger partial charge >= 0.3 is 0 Å². The summed E-state index contributed by atoms with van der Waals surface area (Å²) in [6.45, 7) is 0. The Labute approximate surface area is 83.5 Å². The molecule has 0 aliphatic rings. The van der Waals surface area contributed by atoms with Gasteiger partial charge in [-0.25, -0.2) is 9.67 Å². The third kappa shape index (κ3) is 1.55. The fourth-order valence-electron chi connectivity index (χ4n) is 0.961. The number of nitrogen functional groups attached to an aromatic ring is 1. The first-order chi connectivity index (χ1) is 6.27. The maximum absolute atomic E-state index is 5.60. The highest BCUT2D eigenvalue weighted by Crippen LogP contribution is 2.19. The molecule has 0 radical (unpaired) electrons. The minimum atomic E-state index is 0.621. The Morgan fingerprint density at radius 3 is 2.92 bits per heavy atom. The Bertz CT molecular complexity index is 410. The maximum Gasteiger partial charge on any atom is 0.154 e. The van der Waals surface area contributed by atoms with Gasteiger partial charge in [-0.2, -0.15) is 5.10 Å². The standard InChI is InChI=1S/C8H7BrN4/c9-6-4-8(11-5-7(6)10)13-3-1-2-12-13/h1-5H,10H2. The van der Waals surface area contributed by atoms with Crippen LogP contribution in [0.4, 0.5) is 5.69 Å². The van der Waals surface area contributed by atoms with Crippen molar-refractivity contribution in [2.24, 2.45) is 0 Å². The Morgan fingerprint density at radius 2 is 2.31 bits per heavy atom. The smallest absolute Gasteiger partial charge is 0.154 e. The minimum absolute atomic E-state index is 0.621. The molecular weight excluding hydrogens is 232 g/mol. The van der Waals surface area contributed by atoms with Crippen molar-refractivity contribution in [3.05, 3.63) is 35.2 Å². The van der Waals surface area contributed by atoms with Crippen LogP contribution in [-0.4, -0.2) is 14.8 Å². The average Bonchev–Trinajstić information content (AvgIpc) is 2.62. The van der Waals surface area contributed by atoms with Gasteiger partial charge in [0.05, 0.1) is 11.9 Å². The predicted octanol–water partition coefficient (Wildman–Crippen LogP) is 1.61. The van der Waals surface area contributed by atoms with Gasteiger partial charge in [0.2, 0.25) is 0 Å². The van der Waals surface area contributed by atoms with Crippen LogP contribution in [-0.2, 0) is 0 Å². The number of anilines is 1. The average molecular weight is 239 g/mol. The second kappa shape index (κ2) is 3.18. The van der Waals surface area contributed by atoms with Crippen LogP contribution in [0.25, 0.3) is 5.82 Å². The summed E-state index contributed by atoms with van der Waals surface area (Å²) in [5, 5.41) is 4.05. The Morgan fingerprint density at radius 1 is 1.46 bits per heavy atom. The van der Waals surface area contributed by atoms with Crippen LogP contribution >= 0.6 is 15.9 Å². The van der Waals surface area contributed by atoms with Gasteiger partial charge in [-0.3, -0.25) is 0 Å². The zero-order valence-corrected chi connectivity index (χ0v) is 8.27. The number of aromatic nitrogens is 3. The number of rotatable bonds is 1. The molecule has 0 spiro atoms. The lowest BCUT2D eigenvalue weighted by Crippen LogP contribution is -1.99. The Hall–Kier alpha value is -1.36. The van der Waals surface area contributed by atoms with E-state index in [4.69, 9.17) is 5.73 Å². The summed E-state index contributed by atoms with van der Waals surface area (Å²) in [5.74, 6) is 0.742. The van der Waals surface area contributed by atoms with E-state index in [1.54, 1.807) is 17.1 Å². The molecule has 13 heavy (non-hydrogen) atoms. The summed E-state index contributed by atoms with van der Waals surface area (Å²) < 4.78 is 2.50. The van der Waals surface area contributed by atoms with E-state index < -0.39 is 0 Å². The quantitative estimate of drug-likeness (QED) is 0.822. The van der Waals surface area contributed by atoms with Gasteiger partial charge in [-0.15, -0.1) is 0 Å². The largest absolute Gasteiger partial charge is 0.397 e. The maximum atomic E-state index is 5.60. The van der Waals surface area contributed by atoms with E-state index in [2.05, 4.69) is 26.0 Å². The van der Waals surface area contributed by atoms with Crippen molar-refractivity contribution in [1.82, 2.24) is 14.8 Å². The lowest BCUT2D eigenvalue weighted by Gasteiger charge is -2.02. The third-order valence-electron chi connectivity index (χ3n) is 1.61. The van der Waals surface area contributed by atoms with E-state index in [1.165, 1.54) is 0 Å². The molecule has 0 amide bonds. The van der Waals surface area contributed by atoms with Crippen LogP contribution in [0.3, 0.4) is 0 Å². The topological polar surface area (TPSA) is 56.7 Å². The molecule has 0 saturated carbocycles. The highest BCUT2D eigenvalue weighted by atomic mass is 79.9. The third-order valence-corrected chi connectivity index (χ3v) is 2.29. The molecule has 0 aromatic carbocycles. The molecule has 2 N–H and O–H groups in total. The zero-order valence-electron chi connectivity index (χ0n) is 6.68. The highest BCUT2D eigenvalue weighted by molar-refractivity contribution is 9.10. The molecule has 2 rings (SSSR count). The summed E-state index contributed by atoms with van der Waals surface area (Å²) in [5.41, 5.74) is 6.22. The lowest BCUT2D eigenvalue weighted by atomic mass is 10.4. The van der Waals surface area contributed by atoms with E-state index >= 15 is 0 Å². The summed E-state index contributed by atoms with van der Waals surface area (Å²) in [6.07, 6.45) is 5.12. The molecule has 5 heteroatoms. The van der Waals surface area contributed by atoms with E-state index in [0.29, 0.717) is 5.69 Å². The fourth-order valence-corrected chi connectivity index (χ4v) is 1.27. The molecule has 4 nitrogen and oxygen atoms in total. The highest BCUT2D eigenvalue weighted by Gasteiger charge is 2.00. The normalized spacial score (nSPS) is 10.2. The summed E-state index contributed by atoms with van der Waals surface area (Å²) >= 11 is 3.33. The molecule has 2 heterocycles. The molecule has 0 aliphatic heterocycles. The van der Waals surface area contributed by atoms with Crippen LogP contribution in [0.1, 0.15) is 0 Å². The van der Waals surface area contributed by atoms with Crippen molar-refractivity contribution < 1.29 is 0 Å². The molecule has 0 unspecified atom stereocenters. The Balaban J connectivity index is 2.49. The van der Waals surface area contributed by atoms with Crippen LogP contribution in [0.2, 0.25) is 0 Å². The minimum Gasteiger partial charge on any atom is -0.397 e. The molecule has 2 aromatic rings. The van der Waals surface area contributed by atoms with Gasteiger partial charge in [-0.05, 0) is 28.1 Å². The summed E-state index contributed by atoms with van der Waals surface area (Å²) in [6, 6.07) is 3.66. The molecule has 0 bridgehead atoms. The number of nitrogens with zero attached hydrogens (tertiary/aromatic N) is 3. The van der Waals surface area contributed by atoms with Crippen molar-refractivity contribution in [3.8, 4) is 5.82 Å². The molecule has 2 aromatic heterocycles. The molecule has 66 valence electrons. The van der Waals surface area contributed by atoms with E-state index in [-0.39, 0.29) is 0 Å². The van der Waals surface area contributed by atoms with Crippen molar-refractivity contribution in [2.75, 3.05) is 5.73 Å². The predicted molar refractivity (Wildman–Crippen MR) is 53.5 cm³/mol. The Kier molecular flexibility index (Phi) is 2.02. The van der Waals surface area contributed by atoms with Gasteiger partial charge in [0, 0.05) is 16.9 Å². The number of hydrogen-bond donors (Lipinski definition) is 1. The summed E-state index contributed by atoms with van der Waals surface area (Å²) in [4.78, 5) is 4.13. The number of hydrogen-bond acceptors (Lipinski definition) is 3. The van der Waals surface area contributed by atoms with E-state index in [1.807, 2.05) is 18.3 Å². The SMILES string of the molecule is Nc1cnc(-n2cccn2)cc1Br. The van der Waals surface area contributed by atoms with Crippen molar-refractivity contribution in [2.45, 2.75) is 0 Å². The van der Waals surface area contributed by atoms with E-state index in [0.717, 1.165) is 10.3 Å². The monoisotopic (exact) mass is 238 g/mol. The molecule has 0 aliphatic carbocycles. The van der Waals surface area contributed by atoms with Crippen molar-refractivity contribution in [1.29, 1.82) is 0 Å². The van der Waals surface area contributed by atoms with Gasteiger partial charge < -0.3 is 5.73 Å². The number of nitrogens with two attached hydrogens (primary N) is 1. The van der Waals surface area contributed by atoms with Crippen molar-refractivity contribution >= 4 is 21.6 Å². The number of halogens is 1. The van der Waals surface area contributed by atoms with Crippen molar-refractivity contribution in [3.63, 3.8) is 0 Å².